The number of ketones is 1. The summed E-state index contributed by atoms with van der Waals surface area (Å²) in [5.74, 6) is -0.00307. The largest absolute Gasteiger partial charge is 0.512 e. The number of nitrogens with one attached hydrogen (secondary N) is 1. The van der Waals surface area contributed by atoms with Crippen LogP contribution < -0.4 is 4.74 Å². The van der Waals surface area contributed by atoms with Crippen LogP contribution in [0, 0.1) is 13.8 Å². The van der Waals surface area contributed by atoms with Gasteiger partial charge in [-0.05, 0) is 20.8 Å². The number of hydrogen-bond donors (Lipinski definition) is 2. The summed E-state index contributed by atoms with van der Waals surface area (Å²) >= 11 is 0. The minimum absolute atomic E-state index is 0.111. The van der Waals surface area contributed by atoms with Gasteiger partial charge in [0.1, 0.15) is 0 Å². The molecule has 1 heterocycles. The van der Waals surface area contributed by atoms with Crippen molar-refractivity contribution in [1.82, 2.24) is 4.98 Å². The smallest absolute Gasteiger partial charge is 0.449 e. The molecule has 14 heavy (non-hydrogen) atoms. The number of aromatic amines is 1. The molecule has 1 aromatic rings. The zero-order valence-corrected chi connectivity index (χ0v) is 8.17. The number of carbonyl (C=O) groups is 2. The van der Waals surface area contributed by atoms with Gasteiger partial charge in [-0.1, -0.05) is 0 Å². The highest BCUT2D eigenvalue weighted by atomic mass is 16.7. The van der Waals surface area contributed by atoms with Crippen LogP contribution >= 0.6 is 0 Å². The molecule has 1 aromatic heterocycles. The van der Waals surface area contributed by atoms with Gasteiger partial charge < -0.3 is 14.8 Å². The first-order valence-electron chi connectivity index (χ1n) is 4.04. The molecule has 0 atom stereocenters. The molecule has 0 bridgehead atoms. The predicted octanol–water partition coefficient (Wildman–Crippen LogP) is 1.89. The molecule has 0 aliphatic carbocycles. The highest BCUT2D eigenvalue weighted by Crippen LogP contribution is 2.24. The molecule has 0 spiro atoms. The Morgan fingerprint density at radius 2 is 1.93 bits per heavy atom. The predicted molar refractivity (Wildman–Crippen MR) is 48.9 cm³/mol. The number of rotatable bonds is 2. The lowest BCUT2D eigenvalue weighted by Gasteiger charge is -1.97. The zero-order chi connectivity index (χ0) is 10.9. The van der Waals surface area contributed by atoms with Gasteiger partial charge in [-0.3, -0.25) is 4.79 Å². The summed E-state index contributed by atoms with van der Waals surface area (Å²) in [5.41, 5.74) is 1.63. The van der Waals surface area contributed by atoms with E-state index in [4.69, 9.17) is 5.11 Å². The van der Waals surface area contributed by atoms with Crippen molar-refractivity contribution in [2.45, 2.75) is 20.8 Å². The molecule has 5 heteroatoms. The van der Waals surface area contributed by atoms with Gasteiger partial charge in [0.25, 0.3) is 0 Å². The van der Waals surface area contributed by atoms with E-state index in [0.29, 0.717) is 16.8 Å². The van der Waals surface area contributed by atoms with Crippen LogP contribution in [0.3, 0.4) is 0 Å². The molecular weight excluding hydrogens is 186 g/mol. The van der Waals surface area contributed by atoms with E-state index in [1.807, 2.05) is 0 Å². The molecule has 0 aromatic carbocycles. The minimum atomic E-state index is -1.40. The first-order valence-corrected chi connectivity index (χ1v) is 4.04. The second-order valence-corrected chi connectivity index (χ2v) is 3.00. The molecule has 0 radical (unpaired) electrons. The fourth-order valence-electron chi connectivity index (χ4n) is 1.44. The van der Waals surface area contributed by atoms with Crippen molar-refractivity contribution < 1.29 is 19.4 Å². The summed E-state index contributed by atoms with van der Waals surface area (Å²) in [7, 11) is 0. The Kier molecular flexibility index (Phi) is 2.60. The standard InChI is InChI=1S/C9H11NO4/c1-4-7(6(3)11)5(2)10-8(4)14-9(12)13/h10H,1-3H3,(H,12,13). The topological polar surface area (TPSA) is 79.4 Å². The summed E-state index contributed by atoms with van der Waals surface area (Å²) in [4.78, 5) is 24.1. The lowest BCUT2D eigenvalue weighted by atomic mass is 10.1. The van der Waals surface area contributed by atoms with Crippen molar-refractivity contribution in [3.63, 3.8) is 0 Å². The van der Waals surface area contributed by atoms with Crippen LogP contribution in [0.5, 0.6) is 5.88 Å². The van der Waals surface area contributed by atoms with Gasteiger partial charge in [-0.15, -0.1) is 0 Å². The van der Waals surface area contributed by atoms with Crippen molar-refractivity contribution in [2.75, 3.05) is 0 Å². The lowest BCUT2D eigenvalue weighted by Crippen LogP contribution is -2.04. The van der Waals surface area contributed by atoms with Crippen LogP contribution in [0.15, 0.2) is 0 Å². The van der Waals surface area contributed by atoms with Gasteiger partial charge in [0, 0.05) is 16.8 Å². The molecule has 0 aliphatic heterocycles. The number of carbonyl (C=O) groups excluding carboxylic acids is 1. The summed E-state index contributed by atoms with van der Waals surface area (Å²) in [6.45, 7) is 4.75. The molecule has 0 unspecified atom stereocenters. The average Bonchev–Trinajstić information content (AvgIpc) is 2.25. The monoisotopic (exact) mass is 197 g/mol. The fourth-order valence-corrected chi connectivity index (χ4v) is 1.44. The second-order valence-electron chi connectivity index (χ2n) is 3.00. The van der Waals surface area contributed by atoms with Gasteiger partial charge in [0.15, 0.2) is 5.78 Å². The van der Waals surface area contributed by atoms with E-state index in [1.54, 1.807) is 13.8 Å². The number of H-pyrrole nitrogens is 1. The van der Waals surface area contributed by atoms with E-state index in [-0.39, 0.29) is 11.7 Å². The van der Waals surface area contributed by atoms with Crippen molar-refractivity contribution >= 4 is 11.9 Å². The Morgan fingerprint density at radius 3 is 2.29 bits per heavy atom. The summed E-state index contributed by atoms with van der Waals surface area (Å²) in [6.07, 6.45) is -1.40. The third-order valence-corrected chi connectivity index (χ3v) is 1.93. The maximum Gasteiger partial charge on any atom is 0.512 e. The molecule has 76 valence electrons. The first-order chi connectivity index (χ1) is 6.43. The maximum atomic E-state index is 11.2. The Hall–Kier alpha value is -1.78. The number of ether oxygens (including phenoxy) is 1. The van der Waals surface area contributed by atoms with Crippen molar-refractivity contribution in [1.29, 1.82) is 0 Å². The summed E-state index contributed by atoms with van der Waals surface area (Å²) in [5, 5.41) is 8.40. The van der Waals surface area contributed by atoms with E-state index in [0.717, 1.165) is 0 Å². The number of aromatic nitrogens is 1. The Morgan fingerprint density at radius 1 is 1.36 bits per heavy atom. The van der Waals surface area contributed by atoms with Crippen molar-refractivity contribution in [3.05, 3.63) is 16.8 Å². The van der Waals surface area contributed by atoms with Crippen molar-refractivity contribution in [2.24, 2.45) is 0 Å². The Labute approximate surface area is 80.7 Å². The van der Waals surface area contributed by atoms with Gasteiger partial charge in [-0.25, -0.2) is 4.79 Å². The quantitative estimate of drug-likeness (QED) is 0.560. The van der Waals surface area contributed by atoms with E-state index in [1.165, 1.54) is 6.92 Å². The first kappa shape index (κ1) is 10.3. The van der Waals surface area contributed by atoms with Crippen molar-refractivity contribution in [3.8, 4) is 5.88 Å². The maximum absolute atomic E-state index is 11.2. The molecule has 1 rings (SSSR count). The zero-order valence-electron chi connectivity index (χ0n) is 8.17. The van der Waals surface area contributed by atoms with Crippen LogP contribution in [0.4, 0.5) is 4.79 Å². The van der Waals surface area contributed by atoms with Crippen LogP contribution in [0.25, 0.3) is 0 Å². The fraction of sp³-hybridized carbons (Fsp3) is 0.333. The molecular formula is C9H11NO4. The molecule has 5 nitrogen and oxygen atoms in total. The van der Waals surface area contributed by atoms with Gasteiger partial charge >= 0.3 is 6.16 Å². The van der Waals surface area contributed by atoms with Crippen LogP contribution in [0.1, 0.15) is 28.5 Å². The normalized spacial score (nSPS) is 9.93. The molecule has 2 N–H and O–H groups in total. The summed E-state index contributed by atoms with van der Waals surface area (Å²) < 4.78 is 4.47. The second kappa shape index (κ2) is 3.53. The van der Waals surface area contributed by atoms with Crippen LogP contribution in [-0.2, 0) is 0 Å². The molecule has 0 fully saturated rings. The van der Waals surface area contributed by atoms with Gasteiger partial charge in [0.2, 0.25) is 5.88 Å². The van der Waals surface area contributed by atoms with Crippen LogP contribution in [0.2, 0.25) is 0 Å². The van der Waals surface area contributed by atoms with E-state index < -0.39 is 6.16 Å². The highest BCUT2D eigenvalue weighted by Gasteiger charge is 2.17. The van der Waals surface area contributed by atoms with Gasteiger partial charge in [0.05, 0.1) is 0 Å². The molecule has 0 aliphatic rings. The molecule has 0 amide bonds. The number of carboxylic acid groups (broad SMARTS) is 1. The Balaban J connectivity index is 3.16. The van der Waals surface area contributed by atoms with E-state index >= 15 is 0 Å². The van der Waals surface area contributed by atoms with E-state index in [9.17, 15) is 9.59 Å². The number of hydrogen-bond acceptors (Lipinski definition) is 3. The van der Waals surface area contributed by atoms with Gasteiger partial charge in [-0.2, -0.15) is 0 Å². The highest BCUT2D eigenvalue weighted by molar-refractivity contribution is 5.97. The Bertz CT molecular complexity index is 392. The molecule has 0 saturated heterocycles. The number of Topliss-reactive ketones (excluding diaryl/α,β-unsaturated/α-hetero) is 1. The number of aryl methyl sites for hydroxylation is 1. The third-order valence-electron chi connectivity index (χ3n) is 1.93. The third kappa shape index (κ3) is 1.76. The summed E-state index contributed by atoms with van der Waals surface area (Å²) in [6, 6.07) is 0. The molecule has 0 saturated carbocycles. The average molecular weight is 197 g/mol. The minimum Gasteiger partial charge on any atom is -0.449 e. The van der Waals surface area contributed by atoms with Crippen LogP contribution in [-0.4, -0.2) is 22.0 Å². The van der Waals surface area contributed by atoms with E-state index in [2.05, 4.69) is 9.72 Å². The SMILES string of the molecule is CC(=O)c1c(C)[nH]c(OC(=O)O)c1C. The lowest BCUT2D eigenvalue weighted by molar-refractivity contribution is 0.101.